The van der Waals surface area contributed by atoms with Crippen LogP contribution in [0.4, 0.5) is 5.69 Å². The van der Waals surface area contributed by atoms with E-state index in [1.807, 2.05) is 18.2 Å². The van der Waals surface area contributed by atoms with Crippen molar-refractivity contribution in [2.24, 2.45) is 0 Å². The number of anilines is 1. The maximum atomic E-state index is 12.3. The number of hydrogen-bond donors (Lipinski definition) is 2. The number of amides is 1. The molecule has 0 saturated heterocycles. The Morgan fingerprint density at radius 2 is 1.65 bits per heavy atom. The molecule has 1 amide bonds. The predicted octanol–water partition coefficient (Wildman–Crippen LogP) is 3.49. The first-order valence-corrected chi connectivity index (χ1v) is 7.07. The summed E-state index contributed by atoms with van der Waals surface area (Å²) >= 11 is 0. The van der Waals surface area contributed by atoms with Gasteiger partial charge in [-0.05, 0) is 30.7 Å². The fourth-order valence-corrected chi connectivity index (χ4v) is 2.46. The van der Waals surface area contributed by atoms with Crippen molar-refractivity contribution < 1.29 is 14.7 Å². The number of carbonyl (C=O) groups is 2. The summed E-state index contributed by atoms with van der Waals surface area (Å²) < 4.78 is 0. The van der Waals surface area contributed by atoms with Gasteiger partial charge in [0.1, 0.15) is 0 Å². The van der Waals surface area contributed by atoms with Crippen molar-refractivity contribution in [1.29, 1.82) is 0 Å². The molecular formula is C18H14N2O3. The molecular weight excluding hydrogens is 292 g/mol. The number of nitrogens with zero attached hydrogens (tertiary/aromatic N) is 1. The van der Waals surface area contributed by atoms with Crippen LogP contribution in [-0.2, 0) is 0 Å². The molecule has 1 aromatic heterocycles. The van der Waals surface area contributed by atoms with Gasteiger partial charge in [-0.3, -0.25) is 4.79 Å². The number of nitrogens with one attached hydrogen (secondary N) is 1. The van der Waals surface area contributed by atoms with Gasteiger partial charge >= 0.3 is 5.97 Å². The van der Waals surface area contributed by atoms with E-state index in [2.05, 4.69) is 10.3 Å². The van der Waals surface area contributed by atoms with Gasteiger partial charge in [0.15, 0.2) is 5.69 Å². The van der Waals surface area contributed by atoms with E-state index < -0.39 is 5.97 Å². The number of fused-ring (bicyclic) bond motifs is 1. The van der Waals surface area contributed by atoms with E-state index in [1.54, 1.807) is 43.3 Å². The first kappa shape index (κ1) is 14.7. The molecule has 0 atom stereocenters. The molecule has 0 aliphatic rings. The molecule has 0 aliphatic carbocycles. The zero-order valence-corrected chi connectivity index (χ0v) is 12.4. The van der Waals surface area contributed by atoms with E-state index in [0.717, 1.165) is 5.39 Å². The van der Waals surface area contributed by atoms with Crippen molar-refractivity contribution in [3.05, 3.63) is 71.4 Å². The summed E-state index contributed by atoms with van der Waals surface area (Å²) in [5.74, 6) is -1.55. The number of carboxylic acid groups (broad SMARTS) is 1. The lowest BCUT2D eigenvalue weighted by Gasteiger charge is -2.13. The number of hydrogen-bond acceptors (Lipinski definition) is 3. The number of pyridine rings is 1. The first-order chi connectivity index (χ1) is 11.1. The molecule has 2 N–H and O–H groups in total. The van der Waals surface area contributed by atoms with Crippen molar-refractivity contribution in [3.8, 4) is 0 Å². The fourth-order valence-electron chi connectivity index (χ4n) is 2.46. The molecule has 0 aliphatic heterocycles. The third-order valence-electron chi connectivity index (χ3n) is 3.63. The summed E-state index contributed by atoms with van der Waals surface area (Å²) in [5.41, 5.74) is 1.78. The van der Waals surface area contributed by atoms with Crippen LogP contribution in [0.2, 0.25) is 0 Å². The molecule has 5 heteroatoms. The van der Waals surface area contributed by atoms with Gasteiger partial charge in [0.2, 0.25) is 0 Å². The molecule has 0 fully saturated rings. The molecule has 5 nitrogen and oxygen atoms in total. The first-order valence-electron chi connectivity index (χ1n) is 7.07. The molecule has 0 spiro atoms. The predicted molar refractivity (Wildman–Crippen MR) is 87.8 cm³/mol. The minimum Gasteiger partial charge on any atom is -0.476 e. The highest BCUT2D eigenvalue weighted by Gasteiger charge is 2.19. The second-order valence-electron chi connectivity index (χ2n) is 5.10. The van der Waals surface area contributed by atoms with Gasteiger partial charge in [-0.2, -0.15) is 0 Å². The Morgan fingerprint density at radius 3 is 2.35 bits per heavy atom. The minimum atomic E-state index is -1.18. The molecule has 3 aromatic rings. The van der Waals surface area contributed by atoms with Crippen LogP contribution in [0, 0.1) is 6.92 Å². The summed E-state index contributed by atoms with van der Waals surface area (Å²) in [6, 6.07) is 15.9. The number of rotatable bonds is 3. The van der Waals surface area contributed by atoms with Gasteiger partial charge in [0.05, 0.1) is 11.2 Å². The van der Waals surface area contributed by atoms with Crippen molar-refractivity contribution in [1.82, 2.24) is 4.98 Å². The lowest BCUT2D eigenvalue weighted by Crippen LogP contribution is -2.17. The van der Waals surface area contributed by atoms with Crippen LogP contribution in [0.5, 0.6) is 0 Å². The maximum absolute atomic E-state index is 12.3. The Balaban J connectivity index is 2.12. The highest BCUT2D eigenvalue weighted by atomic mass is 16.4. The van der Waals surface area contributed by atoms with Gasteiger partial charge in [0, 0.05) is 10.9 Å². The maximum Gasteiger partial charge on any atom is 0.356 e. The number of carboxylic acids is 1. The molecule has 0 unspecified atom stereocenters. The van der Waals surface area contributed by atoms with Crippen LogP contribution in [0.1, 0.15) is 26.4 Å². The van der Waals surface area contributed by atoms with Crippen LogP contribution < -0.4 is 5.32 Å². The molecule has 0 radical (unpaired) electrons. The highest BCUT2D eigenvalue weighted by molar-refractivity contribution is 6.09. The van der Waals surface area contributed by atoms with E-state index >= 15 is 0 Å². The number of aromatic carboxylic acids is 1. The van der Waals surface area contributed by atoms with Crippen molar-refractivity contribution in [3.63, 3.8) is 0 Å². The number of para-hydroxylation sites is 1. The molecule has 0 bridgehead atoms. The molecule has 0 saturated carbocycles. The summed E-state index contributed by atoms with van der Waals surface area (Å²) in [6.07, 6.45) is 0. The average molecular weight is 306 g/mol. The van der Waals surface area contributed by atoms with Gasteiger partial charge in [-0.1, -0.05) is 36.4 Å². The van der Waals surface area contributed by atoms with Crippen LogP contribution in [0.25, 0.3) is 10.9 Å². The number of carbonyl (C=O) groups excluding carboxylic acids is 1. The van der Waals surface area contributed by atoms with Crippen LogP contribution in [-0.4, -0.2) is 22.0 Å². The third kappa shape index (κ3) is 2.76. The van der Waals surface area contributed by atoms with Crippen molar-refractivity contribution in [2.75, 3.05) is 5.32 Å². The Bertz CT molecular complexity index is 905. The van der Waals surface area contributed by atoms with Crippen LogP contribution >= 0.6 is 0 Å². The summed E-state index contributed by atoms with van der Waals surface area (Å²) in [6.45, 7) is 1.77. The molecule has 1 heterocycles. The number of aromatic nitrogens is 1. The highest BCUT2D eigenvalue weighted by Crippen LogP contribution is 2.27. The summed E-state index contributed by atoms with van der Waals surface area (Å²) in [4.78, 5) is 28.0. The normalized spacial score (nSPS) is 10.5. The quantitative estimate of drug-likeness (QED) is 0.776. The van der Waals surface area contributed by atoms with Gasteiger partial charge < -0.3 is 10.4 Å². The second-order valence-corrected chi connectivity index (χ2v) is 5.10. The van der Waals surface area contributed by atoms with E-state index in [4.69, 9.17) is 0 Å². The Morgan fingerprint density at radius 1 is 1.00 bits per heavy atom. The number of benzene rings is 2. The fraction of sp³-hybridized carbons (Fsp3) is 0.0556. The van der Waals surface area contributed by atoms with Gasteiger partial charge in [0.25, 0.3) is 5.91 Å². The molecule has 3 rings (SSSR count). The topological polar surface area (TPSA) is 79.3 Å². The van der Waals surface area contributed by atoms with Gasteiger partial charge in [-0.15, -0.1) is 0 Å². The average Bonchev–Trinajstić information content (AvgIpc) is 2.57. The number of aryl methyl sites for hydroxylation is 1. The second kappa shape index (κ2) is 5.88. The van der Waals surface area contributed by atoms with E-state index in [1.165, 1.54) is 0 Å². The zero-order valence-electron chi connectivity index (χ0n) is 12.4. The van der Waals surface area contributed by atoms with E-state index in [-0.39, 0.29) is 17.3 Å². The lowest BCUT2D eigenvalue weighted by molar-refractivity contribution is 0.0692. The SMILES string of the molecule is Cc1c(NC(=O)c2ccccc2)c(C(=O)O)nc2ccccc12. The summed E-state index contributed by atoms with van der Waals surface area (Å²) in [7, 11) is 0. The largest absolute Gasteiger partial charge is 0.476 e. The Hall–Kier alpha value is -3.21. The smallest absolute Gasteiger partial charge is 0.356 e. The molecule has 23 heavy (non-hydrogen) atoms. The Labute approximate surface area is 132 Å². The monoisotopic (exact) mass is 306 g/mol. The van der Waals surface area contributed by atoms with Crippen molar-refractivity contribution in [2.45, 2.75) is 6.92 Å². The third-order valence-corrected chi connectivity index (χ3v) is 3.63. The van der Waals surface area contributed by atoms with E-state index in [9.17, 15) is 14.7 Å². The zero-order chi connectivity index (χ0) is 16.4. The van der Waals surface area contributed by atoms with Crippen LogP contribution in [0.3, 0.4) is 0 Å². The summed E-state index contributed by atoms with van der Waals surface area (Å²) in [5, 5.41) is 12.9. The molecule has 2 aromatic carbocycles. The van der Waals surface area contributed by atoms with E-state index in [0.29, 0.717) is 16.6 Å². The van der Waals surface area contributed by atoms with Crippen molar-refractivity contribution >= 4 is 28.5 Å². The minimum absolute atomic E-state index is 0.162. The van der Waals surface area contributed by atoms with Crippen LogP contribution in [0.15, 0.2) is 54.6 Å². The standard InChI is InChI=1S/C18H14N2O3/c1-11-13-9-5-6-10-14(13)19-16(18(22)23)15(11)20-17(21)12-7-3-2-4-8-12/h2-10H,1H3,(H,20,21)(H,22,23). The van der Waals surface area contributed by atoms with Gasteiger partial charge in [-0.25, -0.2) is 9.78 Å². The molecule has 114 valence electrons. The Kier molecular flexibility index (Phi) is 3.76. The lowest BCUT2D eigenvalue weighted by atomic mass is 10.1.